The van der Waals surface area contributed by atoms with Crippen LogP contribution >= 0.6 is 11.8 Å². The Morgan fingerprint density at radius 2 is 2.06 bits per heavy atom. The van der Waals surface area contributed by atoms with Gasteiger partial charge in [0.2, 0.25) is 5.91 Å². The van der Waals surface area contributed by atoms with E-state index in [0.717, 1.165) is 13.0 Å². The molecule has 0 saturated carbocycles. The third-order valence-corrected chi connectivity index (χ3v) is 4.45. The molecule has 1 saturated heterocycles. The smallest absolute Gasteiger partial charge is 0.230 e. The van der Waals surface area contributed by atoms with E-state index in [1.165, 1.54) is 0 Å². The van der Waals surface area contributed by atoms with Crippen molar-refractivity contribution in [3.63, 3.8) is 0 Å². The predicted molar refractivity (Wildman–Crippen MR) is 75.4 cm³/mol. The minimum Gasteiger partial charge on any atom is -0.351 e. The van der Waals surface area contributed by atoms with Gasteiger partial charge in [-0.25, -0.2) is 0 Å². The first-order chi connectivity index (χ1) is 7.79. The Kier molecular flexibility index (Phi) is 5.32. The van der Waals surface area contributed by atoms with Crippen LogP contribution < -0.4 is 10.6 Å². The second-order valence-electron chi connectivity index (χ2n) is 6.00. The second-order valence-corrected chi connectivity index (χ2v) is 7.81. The summed E-state index contributed by atoms with van der Waals surface area (Å²) >= 11 is 1.70. The third kappa shape index (κ3) is 5.30. The van der Waals surface area contributed by atoms with Gasteiger partial charge in [-0.05, 0) is 25.8 Å². The summed E-state index contributed by atoms with van der Waals surface area (Å²) in [6.45, 7) is 11.8. The molecule has 0 bridgehead atoms. The zero-order chi connectivity index (χ0) is 13.1. The molecule has 3 atom stereocenters. The summed E-state index contributed by atoms with van der Waals surface area (Å²) in [5, 5.41) is 6.59. The van der Waals surface area contributed by atoms with Crippen molar-refractivity contribution in [3.05, 3.63) is 0 Å². The van der Waals surface area contributed by atoms with Crippen LogP contribution in [0.15, 0.2) is 0 Å². The van der Waals surface area contributed by atoms with Gasteiger partial charge in [-0.1, -0.05) is 27.7 Å². The molecule has 100 valence electrons. The van der Waals surface area contributed by atoms with Crippen molar-refractivity contribution in [3.8, 4) is 0 Å². The highest BCUT2D eigenvalue weighted by molar-refractivity contribution is 8.01. The molecular weight excluding hydrogens is 232 g/mol. The number of carbonyl (C=O) groups is 1. The lowest BCUT2D eigenvalue weighted by atomic mass is 9.89. The van der Waals surface area contributed by atoms with Gasteiger partial charge in [0.15, 0.2) is 0 Å². The van der Waals surface area contributed by atoms with Gasteiger partial charge in [-0.15, -0.1) is 11.8 Å². The van der Waals surface area contributed by atoms with Crippen LogP contribution in [0.4, 0.5) is 0 Å². The Hall–Kier alpha value is -0.220. The number of hydrogen-bond acceptors (Lipinski definition) is 3. The summed E-state index contributed by atoms with van der Waals surface area (Å²) in [7, 11) is 0. The van der Waals surface area contributed by atoms with Crippen molar-refractivity contribution in [2.75, 3.05) is 12.3 Å². The number of piperidine rings is 1. The summed E-state index contributed by atoms with van der Waals surface area (Å²) in [6.07, 6.45) is 1.14. The van der Waals surface area contributed by atoms with Gasteiger partial charge in [-0.3, -0.25) is 4.79 Å². The number of carbonyl (C=O) groups excluding carboxylic acids is 1. The van der Waals surface area contributed by atoms with Crippen LogP contribution in [-0.4, -0.2) is 35.0 Å². The molecule has 1 aliphatic heterocycles. The van der Waals surface area contributed by atoms with E-state index in [9.17, 15) is 4.79 Å². The number of amides is 1. The Morgan fingerprint density at radius 3 is 2.59 bits per heavy atom. The lowest BCUT2D eigenvalue weighted by Crippen LogP contribution is -2.56. The molecule has 1 amide bonds. The van der Waals surface area contributed by atoms with E-state index in [1.807, 2.05) is 0 Å². The summed E-state index contributed by atoms with van der Waals surface area (Å²) in [6, 6.07) is 0.652. The van der Waals surface area contributed by atoms with Gasteiger partial charge in [0.1, 0.15) is 0 Å². The van der Waals surface area contributed by atoms with Gasteiger partial charge < -0.3 is 10.6 Å². The van der Waals surface area contributed by atoms with E-state index in [0.29, 0.717) is 17.7 Å². The summed E-state index contributed by atoms with van der Waals surface area (Å²) in [5.41, 5.74) is 0. The van der Waals surface area contributed by atoms with Crippen LogP contribution in [0.5, 0.6) is 0 Å². The number of nitrogens with one attached hydrogen (secondary N) is 2. The molecule has 0 aliphatic carbocycles. The minimum atomic E-state index is 0.152. The maximum atomic E-state index is 11.9. The van der Waals surface area contributed by atoms with Crippen molar-refractivity contribution in [1.29, 1.82) is 0 Å². The van der Waals surface area contributed by atoms with E-state index in [1.54, 1.807) is 11.8 Å². The third-order valence-electron chi connectivity index (χ3n) is 3.18. The van der Waals surface area contributed by atoms with E-state index < -0.39 is 0 Å². The molecule has 0 aromatic rings. The van der Waals surface area contributed by atoms with Crippen molar-refractivity contribution in [1.82, 2.24) is 10.6 Å². The zero-order valence-corrected chi connectivity index (χ0v) is 12.5. The maximum Gasteiger partial charge on any atom is 0.230 e. The minimum absolute atomic E-state index is 0.152. The first-order valence-electron chi connectivity index (χ1n) is 6.46. The Labute approximate surface area is 109 Å². The average molecular weight is 258 g/mol. The van der Waals surface area contributed by atoms with Gasteiger partial charge in [0, 0.05) is 16.8 Å². The molecule has 3 nitrogen and oxygen atoms in total. The van der Waals surface area contributed by atoms with Crippen LogP contribution in [-0.2, 0) is 4.79 Å². The second kappa shape index (κ2) is 6.10. The van der Waals surface area contributed by atoms with Gasteiger partial charge >= 0.3 is 0 Å². The molecule has 17 heavy (non-hydrogen) atoms. The zero-order valence-electron chi connectivity index (χ0n) is 11.7. The van der Waals surface area contributed by atoms with E-state index in [4.69, 9.17) is 0 Å². The topological polar surface area (TPSA) is 41.1 Å². The van der Waals surface area contributed by atoms with Crippen LogP contribution in [0.3, 0.4) is 0 Å². The summed E-state index contributed by atoms with van der Waals surface area (Å²) in [4.78, 5) is 11.9. The Bertz CT molecular complexity index is 253. The highest BCUT2D eigenvalue weighted by atomic mass is 32.2. The fourth-order valence-electron chi connectivity index (χ4n) is 2.11. The summed E-state index contributed by atoms with van der Waals surface area (Å²) in [5.74, 6) is 1.28. The molecule has 0 aromatic carbocycles. The first kappa shape index (κ1) is 14.8. The molecule has 1 rings (SSSR count). The van der Waals surface area contributed by atoms with E-state index in [-0.39, 0.29) is 16.7 Å². The van der Waals surface area contributed by atoms with Crippen molar-refractivity contribution in [2.24, 2.45) is 5.92 Å². The monoisotopic (exact) mass is 258 g/mol. The number of hydrogen-bond donors (Lipinski definition) is 2. The number of thioether (sulfide) groups is 1. The molecule has 0 radical (unpaired) electrons. The van der Waals surface area contributed by atoms with Gasteiger partial charge in [0.25, 0.3) is 0 Å². The van der Waals surface area contributed by atoms with E-state index in [2.05, 4.69) is 45.3 Å². The van der Waals surface area contributed by atoms with Crippen LogP contribution in [0.25, 0.3) is 0 Å². The fraction of sp³-hybridized carbons (Fsp3) is 0.923. The number of rotatable bonds is 3. The standard InChI is InChI=1S/C13H26N2OS/c1-9-6-7-14-10(2)12(9)15-11(16)8-17-13(3,4)5/h9-10,12,14H,6-8H2,1-5H3,(H,15,16). The van der Waals surface area contributed by atoms with Crippen LogP contribution in [0, 0.1) is 5.92 Å². The van der Waals surface area contributed by atoms with Crippen LogP contribution in [0.2, 0.25) is 0 Å². The average Bonchev–Trinajstić information content (AvgIpc) is 2.20. The lowest BCUT2D eigenvalue weighted by Gasteiger charge is -2.36. The maximum absolute atomic E-state index is 11.9. The van der Waals surface area contributed by atoms with Gasteiger partial charge in [-0.2, -0.15) is 0 Å². The SMILES string of the molecule is CC1CCNC(C)C1NC(=O)CSC(C)(C)C. The largest absolute Gasteiger partial charge is 0.351 e. The fourth-order valence-corrected chi connectivity index (χ4v) is 2.76. The molecular formula is C13H26N2OS. The molecule has 1 fully saturated rings. The van der Waals surface area contributed by atoms with Crippen molar-refractivity contribution in [2.45, 2.75) is 57.9 Å². The van der Waals surface area contributed by atoms with Crippen LogP contribution in [0.1, 0.15) is 41.0 Å². The molecule has 2 N–H and O–H groups in total. The summed E-state index contributed by atoms with van der Waals surface area (Å²) < 4.78 is 0.152. The molecule has 0 spiro atoms. The predicted octanol–water partition coefficient (Wildman–Crippen LogP) is 2.02. The highest BCUT2D eigenvalue weighted by Gasteiger charge is 2.28. The van der Waals surface area contributed by atoms with Crippen molar-refractivity contribution >= 4 is 17.7 Å². The van der Waals surface area contributed by atoms with Gasteiger partial charge in [0.05, 0.1) is 5.75 Å². The molecule has 1 aliphatic rings. The molecule has 3 unspecified atom stereocenters. The molecule has 1 heterocycles. The van der Waals surface area contributed by atoms with Crippen molar-refractivity contribution < 1.29 is 4.79 Å². The highest BCUT2D eigenvalue weighted by Crippen LogP contribution is 2.23. The lowest BCUT2D eigenvalue weighted by molar-refractivity contribution is -0.120. The first-order valence-corrected chi connectivity index (χ1v) is 7.45. The Balaban J connectivity index is 2.39. The normalized spacial score (nSPS) is 30.1. The molecule has 0 aromatic heterocycles. The quantitative estimate of drug-likeness (QED) is 0.814. The molecule has 4 heteroatoms. The van der Waals surface area contributed by atoms with E-state index >= 15 is 0 Å². The Morgan fingerprint density at radius 1 is 1.41 bits per heavy atom.